The number of hydrogen-bond donors (Lipinski definition) is 1. The summed E-state index contributed by atoms with van der Waals surface area (Å²) in [4.78, 5) is 8.77. The normalized spacial score (nSPS) is 12.2. The molecule has 0 spiro atoms. The molecule has 100 valence electrons. The summed E-state index contributed by atoms with van der Waals surface area (Å²) in [5.41, 5.74) is 3.01. The number of nitrogens with one attached hydrogen (secondary N) is 1. The molecule has 1 aromatic carbocycles. The summed E-state index contributed by atoms with van der Waals surface area (Å²) in [5.74, 6) is 0.856. The zero-order chi connectivity index (χ0) is 13.7. The lowest BCUT2D eigenvalue weighted by atomic mass is 10.0. The summed E-state index contributed by atoms with van der Waals surface area (Å²) in [6.45, 7) is 4.89. The van der Waals surface area contributed by atoms with Gasteiger partial charge in [0.2, 0.25) is 0 Å². The summed E-state index contributed by atoms with van der Waals surface area (Å²) in [7, 11) is 1.67. The first-order chi connectivity index (χ1) is 9.24. The van der Waals surface area contributed by atoms with Crippen molar-refractivity contribution in [3.05, 3.63) is 53.6 Å². The van der Waals surface area contributed by atoms with Crippen molar-refractivity contribution in [3.8, 4) is 5.75 Å². The minimum atomic E-state index is 0.0593. The van der Waals surface area contributed by atoms with E-state index in [1.807, 2.05) is 37.4 Å². The van der Waals surface area contributed by atoms with Crippen molar-refractivity contribution in [2.45, 2.75) is 19.9 Å². The second-order valence-electron chi connectivity index (χ2n) is 4.35. The molecular weight excluding hydrogens is 238 g/mol. The van der Waals surface area contributed by atoms with Crippen LogP contribution in [0.25, 0.3) is 0 Å². The van der Waals surface area contributed by atoms with E-state index < -0.39 is 0 Å². The Morgan fingerprint density at radius 1 is 1.16 bits per heavy atom. The van der Waals surface area contributed by atoms with Gasteiger partial charge in [-0.2, -0.15) is 0 Å². The molecule has 0 saturated carbocycles. The monoisotopic (exact) mass is 257 g/mol. The summed E-state index contributed by atoms with van der Waals surface area (Å²) < 4.78 is 5.18. The molecule has 0 aliphatic heterocycles. The average molecular weight is 257 g/mol. The second-order valence-corrected chi connectivity index (χ2v) is 4.35. The average Bonchev–Trinajstić information content (AvgIpc) is 2.46. The second kappa shape index (κ2) is 6.29. The molecule has 0 aliphatic carbocycles. The molecule has 0 bridgehead atoms. The van der Waals surface area contributed by atoms with Gasteiger partial charge in [0.1, 0.15) is 5.75 Å². The SMILES string of the molecule is CCNC(c1ccc(OC)cc1)c1cnc(C)cn1. The largest absolute Gasteiger partial charge is 0.497 e. The van der Waals surface area contributed by atoms with Crippen LogP contribution in [-0.4, -0.2) is 23.6 Å². The van der Waals surface area contributed by atoms with Gasteiger partial charge in [-0.25, -0.2) is 0 Å². The number of hydrogen-bond acceptors (Lipinski definition) is 4. The van der Waals surface area contributed by atoms with Crippen molar-refractivity contribution in [2.24, 2.45) is 0 Å². The fourth-order valence-corrected chi connectivity index (χ4v) is 1.95. The van der Waals surface area contributed by atoms with E-state index >= 15 is 0 Å². The van der Waals surface area contributed by atoms with Crippen LogP contribution >= 0.6 is 0 Å². The Balaban J connectivity index is 2.30. The molecular formula is C15H19N3O. The molecule has 0 radical (unpaired) electrons. The first-order valence-corrected chi connectivity index (χ1v) is 6.40. The molecule has 1 N–H and O–H groups in total. The predicted molar refractivity (Wildman–Crippen MR) is 75.3 cm³/mol. The van der Waals surface area contributed by atoms with E-state index in [9.17, 15) is 0 Å². The molecule has 0 fully saturated rings. The van der Waals surface area contributed by atoms with E-state index in [1.54, 1.807) is 13.3 Å². The minimum absolute atomic E-state index is 0.0593. The topological polar surface area (TPSA) is 47.0 Å². The molecule has 0 saturated heterocycles. The molecule has 2 aromatic rings. The van der Waals surface area contributed by atoms with E-state index in [0.29, 0.717) is 0 Å². The van der Waals surface area contributed by atoms with Crippen molar-refractivity contribution >= 4 is 0 Å². The number of ether oxygens (including phenoxy) is 1. The molecule has 1 atom stereocenters. The van der Waals surface area contributed by atoms with Gasteiger partial charge >= 0.3 is 0 Å². The highest BCUT2D eigenvalue weighted by Crippen LogP contribution is 2.22. The maximum Gasteiger partial charge on any atom is 0.118 e. The van der Waals surface area contributed by atoms with E-state index in [2.05, 4.69) is 22.2 Å². The van der Waals surface area contributed by atoms with E-state index in [0.717, 1.165) is 29.2 Å². The van der Waals surface area contributed by atoms with Gasteiger partial charge in [-0.3, -0.25) is 9.97 Å². The van der Waals surface area contributed by atoms with Crippen LogP contribution < -0.4 is 10.1 Å². The number of nitrogens with zero attached hydrogens (tertiary/aromatic N) is 2. The van der Waals surface area contributed by atoms with Gasteiger partial charge in [-0.05, 0) is 31.2 Å². The smallest absolute Gasteiger partial charge is 0.118 e. The summed E-state index contributed by atoms with van der Waals surface area (Å²) in [6, 6.07) is 8.08. The number of rotatable bonds is 5. The van der Waals surface area contributed by atoms with Gasteiger partial charge < -0.3 is 10.1 Å². The molecule has 1 unspecified atom stereocenters. The molecule has 0 aliphatic rings. The lowest BCUT2D eigenvalue weighted by Gasteiger charge is -2.18. The zero-order valence-electron chi connectivity index (χ0n) is 11.6. The number of methoxy groups -OCH3 is 1. The summed E-state index contributed by atoms with van der Waals surface area (Å²) in [6.07, 6.45) is 3.62. The van der Waals surface area contributed by atoms with Crippen molar-refractivity contribution in [2.75, 3.05) is 13.7 Å². The summed E-state index contributed by atoms with van der Waals surface area (Å²) in [5, 5.41) is 3.43. The van der Waals surface area contributed by atoms with Gasteiger partial charge in [0.25, 0.3) is 0 Å². The third-order valence-electron chi connectivity index (χ3n) is 2.95. The Kier molecular flexibility index (Phi) is 4.47. The maximum absolute atomic E-state index is 5.18. The van der Waals surface area contributed by atoms with Crippen LogP contribution in [0.1, 0.15) is 29.9 Å². The van der Waals surface area contributed by atoms with Crippen LogP contribution in [0.4, 0.5) is 0 Å². The fourth-order valence-electron chi connectivity index (χ4n) is 1.95. The van der Waals surface area contributed by atoms with Crippen LogP contribution in [-0.2, 0) is 0 Å². The first kappa shape index (κ1) is 13.5. The fraction of sp³-hybridized carbons (Fsp3) is 0.333. The highest BCUT2D eigenvalue weighted by atomic mass is 16.5. The van der Waals surface area contributed by atoms with E-state index in [1.165, 1.54) is 0 Å². The van der Waals surface area contributed by atoms with Gasteiger partial charge in [0, 0.05) is 6.20 Å². The molecule has 1 heterocycles. The van der Waals surface area contributed by atoms with Gasteiger partial charge in [0.15, 0.2) is 0 Å². The first-order valence-electron chi connectivity index (χ1n) is 6.40. The number of benzene rings is 1. The van der Waals surface area contributed by atoms with Gasteiger partial charge in [0.05, 0.1) is 30.7 Å². The van der Waals surface area contributed by atoms with Gasteiger partial charge in [-0.15, -0.1) is 0 Å². The third kappa shape index (κ3) is 3.29. The van der Waals surface area contributed by atoms with Crippen molar-refractivity contribution in [1.29, 1.82) is 0 Å². The zero-order valence-corrected chi connectivity index (χ0v) is 11.6. The Morgan fingerprint density at radius 2 is 1.89 bits per heavy atom. The van der Waals surface area contributed by atoms with Crippen molar-refractivity contribution in [1.82, 2.24) is 15.3 Å². The molecule has 19 heavy (non-hydrogen) atoms. The molecule has 2 rings (SSSR count). The highest BCUT2D eigenvalue weighted by molar-refractivity contribution is 5.32. The molecule has 1 aromatic heterocycles. The summed E-state index contributed by atoms with van der Waals surface area (Å²) >= 11 is 0. The van der Waals surface area contributed by atoms with Gasteiger partial charge in [-0.1, -0.05) is 19.1 Å². The van der Waals surface area contributed by atoms with E-state index in [4.69, 9.17) is 4.74 Å². The lowest BCUT2D eigenvalue weighted by molar-refractivity contribution is 0.414. The maximum atomic E-state index is 5.18. The highest BCUT2D eigenvalue weighted by Gasteiger charge is 2.14. The Labute approximate surface area is 113 Å². The third-order valence-corrected chi connectivity index (χ3v) is 2.95. The van der Waals surface area contributed by atoms with E-state index in [-0.39, 0.29) is 6.04 Å². The number of aromatic nitrogens is 2. The quantitative estimate of drug-likeness (QED) is 0.894. The predicted octanol–water partition coefficient (Wildman–Crippen LogP) is 2.49. The Bertz CT molecular complexity index is 508. The number of aryl methyl sites for hydroxylation is 1. The standard InChI is InChI=1S/C15H19N3O/c1-4-16-15(14-10-17-11(2)9-18-14)12-5-7-13(19-3)8-6-12/h5-10,15-16H,4H2,1-3H3. The minimum Gasteiger partial charge on any atom is -0.497 e. The Morgan fingerprint density at radius 3 is 2.42 bits per heavy atom. The Hall–Kier alpha value is -1.94. The van der Waals surface area contributed by atoms with Crippen LogP contribution in [0, 0.1) is 6.92 Å². The molecule has 4 heteroatoms. The van der Waals surface area contributed by atoms with Crippen molar-refractivity contribution in [3.63, 3.8) is 0 Å². The van der Waals surface area contributed by atoms with Crippen LogP contribution in [0.5, 0.6) is 5.75 Å². The lowest BCUT2D eigenvalue weighted by Crippen LogP contribution is -2.23. The molecule has 4 nitrogen and oxygen atoms in total. The van der Waals surface area contributed by atoms with Crippen molar-refractivity contribution < 1.29 is 4.74 Å². The van der Waals surface area contributed by atoms with Crippen LogP contribution in [0.15, 0.2) is 36.7 Å². The van der Waals surface area contributed by atoms with Crippen LogP contribution in [0.3, 0.4) is 0 Å². The molecule has 0 amide bonds. The van der Waals surface area contributed by atoms with Crippen LogP contribution in [0.2, 0.25) is 0 Å².